The number of carbonyl (C=O) groups is 1. The van der Waals surface area contributed by atoms with E-state index >= 15 is 0 Å². The van der Waals surface area contributed by atoms with Crippen LogP contribution in [0.2, 0.25) is 0 Å². The molecule has 2 nitrogen and oxygen atoms in total. The van der Waals surface area contributed by atoms with Crippen molar-refractivity contribution in [3.05, 3.63) is 35.4 Å². The minimum atomic E-state index is -0.236. The summed E-state index contributed by atoms with van der Waals surface area (Å²) in [6.45, 7) is 6.10. The first-order valence-corrected chi connectivity index (χ1v) is 8.45. The van der Waals surface area contributed by atoms with Crippen LogP contribution in [0.3, 0.4) is 0 Å². The highest BCUT2D eigenvalue weighted by Crippen LogP contribution is 2.39. The van der Waals surface area contributed by atoms with Crippen LogP contribution in [0.5, 0.6) is 0 Å². The zero-order chi connectivity index (χ0) is 14.9. The fraction of sp³-hybridized carbons (Fsp3) is 0.632. The molecule has 1 saturated carbocycles. The predicted molar refractivity (Wildman–Crippen MR) is 86.6 cm³/mol. The largest absolute Gasteiger partial charge is 0.300 e. The number of hydrogen-bond acceptors (Lipinski definition) is 2. The van der Waals surface area contributed by atoms with Crippen molar-refractivity contribution in [3.63, 3.8) is 0 Å². The fourth-order valence-electron chi connectivity index (χ4n) is 4.46. The fourth-order valence-corrected chi connectivity index (χ4v) is 4.46. The van der Waals surface area contributed by atoms with E-state index < -0.39 is 0 Å². The van der Waals surface area contributed by atoms with Gasteiger partial charge in [-0.25, -0.2) is 0 Å². The quantitative estimate of drug-likeness (QED) is 0.840. The summed E-state index contributed by atoms with van der Waals surface area (Å²) in [5.41, 5.74) is 2.30. The molecule has 114 valence electrons. The van der Waals surface area contributed by atoms with Crippen molar-refractivity contribution in [2.45, 2.75) is 63.8 Å². The van der Waals surface area contributed by atoms with Crippen LogP contribution in [0.25, 0.3) is 0 Å². The van der Waals surface area contributed by atoms with E-state index in [0.717, 1.165) is 32.0 Å². The lowest BCUT2D eigenvalue weighted by molar-refractivity contribution is -0.124. The molecule has 0 unspecified atom stereocenters. The van der Waals surface area contributed by atoms with Gasteiger partial charge in [-0.05, 0) is 63.7 Å². The highest BCUT2D eigenvalue weighted by atomic mass is 16.1. The Hall–Kier alpha value is -1.15. The number of ketones is 1. The molecule has 0 atom stereocenters. The lowest BCUT2D eigenvalue weighted by Crippen LogP contribution is -2.49. The van der Waals surface area contributed by atoms with Crippen LogP contribution in [0.1, 0.15) is 56.6 Å². The zero-order valence-corrected chi connectivity index (χ0v) is 13.4. The Kier molecular flexibility index (Phi) is 4.17. The molecule has 1 saturated heterocycles. The molecule has 1 aromatic rings. The van der Waals surface area contributed by atoms with Gasteiger partial charge in [0, 0.05) is 6.04 Å². The van der Waals surface area contributed by atoms with E-state index in [2.05, 4.69) is 36.1 Å². The normalized spacial score (nSPS) is 23.3. The van der Waals surface area contributed by atoms with Crippen LogP contribution >= 0.6 is 0 Å². The lowest BCUT2D eigenvalue weighted by Gasteiger charge is -2.43. The Morgan fingerprint density at radius 3 is 2.33 bits per heavy atom. The second-order valence-electron chi connectivity index (χ2n) is 6.93. The summed E-state index contributed by atoms with van der Waals surface area (Å²) in [6, 6.07) is 9.24. The number of benzene rings is 1. The van der Waals surface area contributed by atoms with E-state index in [1.165, 1.54) is 36.8 Å². The molecule has 2 heteroatoms. The lowest BCUT2D eigenvalue weighted by atomic mass is 9.68. The zero-order valence-electron chi connectivity index (χ0n) is 13.4. The van der Waals surface area contributed by atoms with Gasteiger partial charge in [0.2, 0.25) is 0 Å². The molecule has 2 fully saturated rings. The molecule has 3 rings (SSSR count). The number of Topliss-reactive ketones (excluding diaryl/α,β-unsaturated/α-hetero) is 1. The first kappa shape index (κ1) is 14.8. The second-order valence-corrected chi connectivity index (χ2v) is 6.93. The molecule has 0 bridgehead atoms. The maximum absolute atomic E-state index is 12.5. The average Bonchev–Trinajstić information content (AvgIpc) is 3.02. The number of hydrogen-bond donors (Lipinski definition) is 0. The number of rotatable bonds is 3. The van der Waals surface area contributed by atoms with Crippen molar-refractivity contribution in [2.24, 2.45) is 0 Å². The van der Waals surface area contributed by atoms with Gasteiger partial charge in [-0.2, -0.15) is 0 Å². The standard InChI is InChI=1S/C19H27NO/c1-15-7-3-6-10-18(15)19(16(2)21)11-13-20(14-12-19)17-8-4-5-9-17/h3,6-7,10,17H,4-5,8-9,11-14H2,1-2H3. The van der Waals surface area contributed by atoms with Crippen molar-refractivity contribution in [1.29, 1.82) is 0 Å². The van der Waals surface area contributed by atoms with E-state index in [0.29, 0.717) is 5.78 Å². The third-order valence-electron chi connectivity index (χ3n) is 5.83. The maximum atomic E-state index is 12.5. The number of aryl methyl sites for hydroxylation is 1. The smallest absolute Gasteiger partial charge is 0.140 e. The van der Waals surface area contributed by atoms with Crippen molar-refractivity contribution >= 4 is 5.78 Å². The average molecular weight is 285 g/mol. The third-order valence-corrected chi connectivity index (χ3v) is 5.83. The van der Waals surface area contributed by atoms with Gasteiger partial charge >= 0.3 is 0 Å². The van der Waals surface area contributed by atoms with E-state index in [-0.39, 0.29) is 5.41 Å². The second kappa shape index (κ2) is 5.92. The Morgan fingerprint density at radius 1 is 1.14 bits per heavy atom. The van der Waals surface area contributed by atoms with Crippen LogP contribution in [-0.2, 0) is 10.2 Å². The van der Waals surface area contributed by atoms with Crippen LogP contribution in [-0.4, -0.2) is 29.8 Å². The topological polar surface area (TPSA) is 20.3 Å². The highest BCUT2D eigenvalue weighted by molar-refractivity contribution is 5.88. The molecule has 2 aliphatic rings. The first-order chi connectivity index (χ1) is 10.1. The molecule has 1 aliphatic heterocycles. The predicted octanol–water partition coefficient (Wildman–Crippen LogP) is 3.86. The Bertz CT molecular complexity index is 508. The van der Waals surface area contributed by atoms with Gasteiger partial charge in [-0.3, -0.25) is 4.79 Å². The third kappa shape index (κ3) is 2.66. The number of piperidine rings is 1. The summed E-state index contributed by atoms with van der Waals surface area (Å²) in [5, 5.41) is 0. The van der Waals surface area contributed by atoms with Gasteiger partial charge < -0.3 is 4.90 Å². The Balaban J connectivity index is 1.81. The minimum Gasteiger partial charge on any atom is -0.300 e. The summed E-state index contributed by atoms with van der Waals surface area (Å²) in [4.78, 5) is 15.1. The van der Waals surface area contributed by atoms with Gasteiger partial charge in [-0.1, -0.05) is 37.1 Å². The van der Waals surface area contributed by atoms with Gasteiger partial charge in [0.15, 0.2) is 0 Å². The molecular formula is C19H27NO. The van der Waals surface area contributed by atoms with E-state index in [9.17, 15) is 4.79 Å². The molecule has 0 N–H and O–H groups in total. The molecule has 1 aliphatic carbocycles. The first-order valence-electron chi connectivity index (χ1n) is 8.45. The van der Waals surface area contributed by atoms with Gasteiger partial charge in [0.25, 0.3) is 0 Å². The molecule has 1 aromatic carbocycles. The molecule has 21 heavy (non-hydrogen) atoms. The van der Waals surface area contributed by atoms with Gasteiger partial charge in [-0.15, -0.1) is 0 Å². The van der Waals surface area contributed by atoms with Crippen molar-refractivity contribution < 1.29 is 4.79 Å². The minimum absolute atomic E-state index is 0.236. The maximum Gasteiger partial charge on any atom is 0.140 e. The van der Waals surface area contributed by atoms with Crippen LogP contribution in [0.15, 0.2) is 24.3 Å². The van der Waals surface area contributed by atoms with E-state index in [1.54, 1.807) is 6.92 Å². The van der Waals surface area contributed by atoms with E-state index in [1.807, 2.05) is 0 Å². The Morgan fingerprint density at radius 2 is 1.76 bits per heavy atom. The van der Waals surface area contributed by atoms with Crippen LogP contribution < -0.4 is 0 Å². The van der Waals surface area contributed by atoms with Crippen molar-refractivity contribution in [3.8, 4) is 0 Å². The number of likely N-dealkylation sites (tertiary alicyclic amines) is 1. The molecule has 0 radical (unpaired) electrons. The summed E-state index contributed by atoms with van der Waals surface area (Å²) in [5.74, 6) is 0.350. The monoisotopic (exact) mass is 285 g/mol. The summed E-state index contributed by atoms with van der Waals surface area (Å²) in [6.07, 6.45) is 7.47. The van der Waals surface area contributed by atoms with Crippen LogP contribution in [0.4, 0.5) is 0 Å². The van der Waals surface area contributed by atoms with Crippen LogP contribution in [0, 0.1) is 6.92 Å². The molecule has 0 aromatic heterocycles. The summed E-state index contributed by atoms with van der Waals surface area (Å²) in [7, 11) is 0. The van der Waals surface area contributed by atoms with E-state index in [4.69, 9.17) is 0 Å². The molecule has 0 amide bonds. The van der Waals surface area contributed by atoms with Crippen molar-refractivity contribution in [2.75, 3.05) is 13.1 Å². The summed E-state index contributed by atoms with van der Waals surface area (Å²) < 4.78 is 0. The molecule has 1 heterocycles. The van der Waals surface area contributed by atoms with Gasteiger partial charge in [0.1, 0.15) is 5.78 Å². The molecule has 0 spiro atoms. The highest BCUT2D eigenvalue weighted by Gasteiger charge is 2.42. The molecular weight excluding hydrogens is 258 g/mol. The SMILES string of the molecule is CC(=O)C1(c2ccccc2C)CCN(C2CCCC2)CC1. The number of nitrogens with zero attached hydrogens (tertiary/aromatic N) is 1. The van der Waals surface area contributed by atoms with Gasteiger partial charge in [0.05, 0.1) is 5.41 Å². The Labute approximate surface area is 128 Å². The van der Waals surface area contributed by atoms with Crippen molar-refractivity contribution in [1.82, 2.24) is 4.90 Å². The number of carbonyl (C=O) groups excluding carboxylic acids is 1. The summed E-state index contributed by atoms with van der Waals surface area (Å²) >= 11 is 0.